The molecule has 0 spiro atoms. The van der Waals surface area contributed by atoms with Gasteiger partial charge in [0.1, 0.15) is 0 Å². The van der Waals surface area contributed by atoms with Crippen LogP contribution in [0.3, 0.4) is 0 Å². The first-order valence-corrected chi connectivity index (χ1v) is 5.52. The second kappa shape index (κ2) is 6.37. The van der Waals surface area contributed by atoms with E-state index in [1.807, 2.05) is 0 Å². The number of carbonyl (C=O) groups excluding carboxylic acids is 1. The van der Waals surface area contributed by atoms with Crippen molar-refractivity contribution >= 4 is 23.4 Å². The first-order valence-electron chi connectivity index (χ1n) is 5.14. The van der Waals surface area contributed by atoms with Crippen LogP contribution in [-0.2, 0) is 16.0 Å². The molecule has 19 heavy (non-hydrogen) atoms. The third-order valence-corrected chi connectivity index (χ3v) is 2.43. The van der Waals surface area contributed by atoms with E-state index in [2.05, 4.69) is 9.72 Å². The number of aromatic nitrogens is 1. The van der Waals surface area contributed by atoms with Crippen molar-refractivity contribution in [3.8, 4) is 0 Å². The molecule has 0 aromatic carbocycles. The Hall–Kier alpha value is -1.83. The highest BCUT2D eigenvalue weighted by atomic mass is 35.5. The van der Waals surface area contributed by atoms with Gasteiger partial charge >= 0.3 is 18.2 Å². The van der Waals surface area contributed by atoms with Gasteiger partial charge in [0.25, 0.3) is 0 Å². The normalized spacial score (nSPS) is 10.6. The number of ether oxygens (including phenoxy) is 1. The van der Waals surface area contributed by atoms with Gasteiger partial charge < -0.3 is 14.9 Å². The number of halogens is 3. The lowest BCUT2D eigenvalue weighted by Crippen LogP contribution is -2.11. The van der Waals surface area contributed by atoms with Crippen molar-refractivity contribution in [1.29, 1.82) is 0 Å². The molecule has 0 N–H and O–H groups in total. The fraction of sp³-hybridized carbons (Fsp3) is 0.400. The molecule has 0 bridgehead atoms. The summed E-state index contributed by atoms with van der Waals surface area (Å²) in [6, 6.07) is 0.799. The number of hydrogen-bond acceptors (Lipinski definition) is 5. The average Bonchev–Trinajstić information content (AvgIpc) is 2.31. The predicted molar refractivity (Wildman–Crippen MR) is 61.2 cm³/mol. The number of carbonyl (C=O) groups is 1. The van der Waals surface area contributed by atoms with Crippen molar-refractivity contribution in [2.24, 2.45) is 0 Å². The summed E-state index contributed by atoms with van der Waals surface area (Å²) < 4.78 is 29.6. The molecule has 9 heteroatoms. The summed E-state index contributed by atoms with van der Waals surface area (Å²) in [7, 11) is 0. The van der Waals surface area contributed by atoms with Gasteiger partial charge in [0.05, 0.1) is 23.6 Å². The van der Waals surface area contributed by atoms with Crippen LogP contribution in [0.4, 0.5) is 14.6 Å². The molecule has 1 rings (SSSR count). The van der Waals surface area contributed by atoms with E-state index < -0.39 is 35.3 Å². The van der Waals surface area contributed by atoms with Crippen molar-refractivity contribution < 1.29 is 23.2 Å². The number of pyridine rings is 1. The lowest BCUT2D eigenvalue weighted by molar-refractivity contribution is -0.390. The largest absolute Gasteiger partial charge is 0.466 e. The van der Waals surface area contributed by atoms with E-state index in [1.54, 1.807) is 6.92 Å². The van der Waals surface area contributed by atoms with Crippen LogP contribution in [0.5, 0.6) is 0 Å². The summed E-state index contributed by atoms with van der Waals surface area (Å²) >= 11 is 5.68. The number of nitrogens with zero attached hydrogens (tertiary/aromatic N) is 2. The van der Waals surface area contributed by atoms with Gasteiger partial charge in [0.2, 0.25) is 5.69 Å². The Morgan fingerprint density at radius 2 is 2.26 bits per heavy atom. The van der Waals surface area contributed by atoms with Gasteiger partial charge in [0, 0.05) is 6.07 Å². The quantitative estimate of drug-likeness (QED) is 0.474. The Labute approximate surface area is 111 Å². The van der Waals surface area contributed by atoms with E-state index in [4.69, 9.17) is 11.6 Å². The van der Waals surface area contributed by atoms with Crippen LogP contribution >= 0.6 is 11.6 Å². The number of nitro groups is 1. The molecule has 0 aliphatic rings. The summed E-state index contributed by atoms with van der Waals surface area (Å²) in [4.78, 5) is 24.3. The highest BCUT2D eigenvalue weighted by Crippen LogP contribution is 2.30. The van der Waals surface area contributed by atoms with Gasteiger partial charge in [-0.25, -0.2) is 8.78 Å². The average molecular weight is 295 g/mol. The fourth-order valence-electron chi connectivity index (χ4n) is 1.33. The van der Waals surface area contributed by atoms with Gasteiger partial charge in [-0.2, -0.15) is 0 Å². The molecule has 0 aliphatic heterocycles. The zero-order valence-electron chi connectivity index (χ0n) is 9.73. The third-order valence-electron chi connectivity index (χ3n) is 2.09. The first-order chi connectivity index (χ1) is 8.86. The Morgan fingerprint density at radius 1 is 1.63 bits per heavy atom. The zero-order chi connectivity index (χ0) is 14.6. The zero-order valence-corrected chi connectivity index (χ0v) is 10.5. The van der Waals surface area contributed by atoms with Crippen molar-refractivity contribution in [2.75, 3.05) is 6.61 Å². The number of hydrogen-bond donors (Lipinski definition) is 0. The van der Waals surface area contributed by atoms with Crippen LogP contribution in [0, 0.1) is 10.1 Å². The molecule has 0 unspecified atom stereocenters. The molecule has 0 saturated carbocycles. The molecule has 1 aromatic rings. The summed E-state index contributed by atoms with van der Waals surface area (Å²) in [6.07, 6.45) is -3.49. The molecule has 1 heterocycles. The molecule has 0 fully saturated rings. The van der Waals surface area contributed by atoms with Gasteiger partial charge in [-0.15, -0.1) is 0 Å². The SMILES string of the molecule is CCOC(=O)Cc1c(Cl)cc(C(F)F)nc1[N+](=O)[O-]. The maximum absolute atomic E-state index is 12.5. The summed E-state index contributed by atoms with van der Waals surface area (Å²) in [5.74, 6) is -1.62. The van der Waals surface area contributed by atoms with Crippen LogP contribution in [0.25, 0.3) is 0 Å². The minimum absolute atomic E-state index is 0.0901. The topological polar surface area (TPSA) is 82.3 Å². The minimum atomic E-state index is -2.99. The van der Waals surface area contributed by atoms with Crippen LogP contribution in [-0.4, -0.2) is 22.5 Å². The van der Waals surface area contributed by atoms with Crippen LogP contribution in [0.1, 0.15) is 24.6 Å². The van der Waals surface area contributed by atoms with E-state index >= 15 is 0 Å². The minimum Gasteiger partial charge on any atom is -0.466 e. The maximum Gasteiger partial charge on any atom is 0.369 e. The molecule has 0 radical (unpaired) electrons. The van der Waals surface area contributed by atoms with Crippen LogP contribution in [0.15, 0.2) is 6.07 Å². The Balaban J connectivity index is 3.22. The summed E-state index contributed by atoms with van der Waals surface area (Å²) in [5, 5.41) is 10.5. The smallest absolute Gasteiger partial charge is 0.369 e. The lowest BCUT2D eigenvalue weighted by atomic mass is 10.1. The van der Waals surface area contributed by atoms with E-state index in [1.165, 1.54) is 0 Å². The van der Waals surface area contributed by atoms with Gasteiger partial charge in [-0.3, -0.25) is 4.79 Å². The lowest BCUT2D eigenvalue weighted by Gasteiger charge is -2.06. The molecule has 1 aromatic heterocycles. The van der Waals surface area contributed by atoms with Crippen molar-refractivity contribution in [3.05, 3.63) is 32.5 Å². The van der Waals surface area contributed by atoms with Gasteiger partial charge in [-0.1, -0.05) is 11.6 Å². The van der Waals surface area contributed by atoms with E-state index in [0.29, 0.717) is 0 Å². The second-order valence-electron chi connectivity index (χ2n) is 3.37. The fourth-order valence-corrected chi connectivity index (χ4v) is 1.59. The predicted octanol–water partition coefficient (Wildman–Crippen LogP) is 2.69. The van der Waals surface area contributed by atoms with Crippen molar-refractivity contribution in [2.45, 2.75) is 19.8 Å². The van der Waals surface area contributed by atoms with Crippen LogP contribution in [0.2, 0.25) is 5.02 Å². The highest BCUT2D eigenvalue weighted by Gasteiger charge is 2.27. The third kappa shape index (κ3) is 3.82. The number of rotatable bonds is 5. The van der Waals surface area contributed by atoms with Crippen LogP contribution < -0.4 is 0 Å². The summed E-state index contributed by atoms with van der Waals surface area (Å²) in [6.45, 7) is 1.65. The standard InChI is InChI=1S/C10H9ClF2N2O4/c1-2-19-8(16)3-5-6(11)4-7(9(12)13)14-10(5)15(17)18/h4,9H,2-3H2,1H3. The molecular weight excluding hydrogens is 286 g/mol. The first kappa shape index (κ1) is 15.2. The molecule has 0 atom stereocenters. The second-order valence-corrected chi connectivity index (χ2v) is 3.78. The Morgan fingerprint density at radius 3 is 2.74 bits per heavy atom. The highest BCUT2D eigenvalue weighted by molar-refractivity contribution is 6.31. The van der Waals surface area contributed by atoms with Crippen molar-refractivity contribution in [1.82, 2.24) is 4.98 Å². The Kier molecular flexibility index (Phi) is 5.11. The molecular formula is C10H9ClF2N2O4. The number of alkyl halides is 2. The van der Waals surface area contributed by atoms with E-state index in [-0.39, 0.29) is 17.2 Å². The molecule has 0 amide bonds. The molecule has 6 nitrogen and oxygen atoms in total. The Bertz CT molecular complexity index is 511. The maximum atomic E-state index is 12.5. The molecule has 0 saturated heterocycles. The van der Waals surface area contributed by atoms with Crippen molar-refractivity contribution in [3.63, 3.8) is 0 Å². The monoisotopic (exact) mass is 294 g/mol. The molecule has 104 valence electrons. The van der Waals surface area contributed by atoms with E-state index in [9.17, 15) is 23.7 Å². The van der Waals surface area contributed by atoms with Gasteiger partial charge in [-0.05, 0) is 16.8 Å². The molecule has 0 aliphatic carbocycles. The summed E-state index contributed by atoms with van der Waals surface area (Å²) in [5.41, 5.74) is -1.06. The number of esters is 1. The van der Waals surface area contributed by atoms with Gasteiger partial charge in [0.15, 0.2) is 0 Å². The van der Waals surface area contributed by atoms with E-state index in [0.717, 1.165) is 6.07 Å².